The van der Waals surface area contributed by atoms with Crippen LogP contribution in [-0.2, 0) is 4.74 Å². The van der Waals surface area contributed by atoms with Gasteiger partial charge in [-0.05, 0) is 43.2 Å². The highest BCUT2D eigenvalue weighted by Gasteiger charge is 2.21. The number of fused-ring (bicyclic) bond motifs is 1. The van der Waals surface area contributed by atoms with Crippen molar-refractivity contribution >= 4 is 16.7 Å². The molecule has 4 nitrogen and oxygen atoms in total. The Morgan fingerprint density at radius 3 is 2.58 bits per heavy atom. The molecular formula is C20H26N2O2. The van der Waals surface area contributed by atoms with Gasteiger partial charge in [-0.1, -0.05) is 30.3 Å². The number of hydrogen-bond donors (Lipinski definition) is 1. The van der Waals surface area contributed by atoms with Crippen molar-refractivity contribution in [2.24, 2.45) is 0 Å². The summed E-state index contributed by atoms with van der Waals surface area (Å²) in [4.78, 5) is 14.7. The van der Waals surface area contributed by atoms with Gasteiger partial charge in [0.1, 0.15) is 0 Å². The predicted octanol–water partition coefficient (Wildman–Crippen LogP) is 3.07. The maximum atomic E-state index is 12.3. The topological polar surface area (TPSA) is 41.6 Å². The molecular weight excluding hydrogens is 300 g/mol. The first-order valence-corrected chi connectivity index (χ1v) is 8.76. The third kappa shape index (κ3) is 4.34. The van der Waals surface area contributed by atoms with Gasteiger partial charge in [-0.2, -0.15) is 0 Å². The summed E-state index contributed by atoms with van der Waals surface area (Å²) in [5.74, 6) is 0.00414. The second kappa shape index (κ2) is 7.77. The number of hydrogen-bond acceptors (Lipinski definition) is 3. The van der Waals surface area contributed by atoms with Gasteiger partial charge in [0, 0.05) is 31.7 Å². The summed E-state index contributed by atoms with van der Waals surface area (Å²) >= 11 is 0. The summed E-state index contributed by atoms with van der Waals surface area (Å²) in [5.41, 5.74) is 0.724. The maximum Gasteiger partial charge on any atom is 0.251 e. The zero-order chi connectivity index (χ0) is 16.9. The quantitative estimate of drug-likeness (QED) is 0.859. The van der Waals surface area contributed by atoms with Gasteiger partial charge in [0.15, 0.2) is 0 Å². The smallest absolute Gasteiger partial charge is 0.251 e. The number of ether oxygens (including phenoxy) is 1. The Morgan fingerprint density at radius 1 is 1.12 bits per heavy atom. The molecule has 1 heterocycles. The highest BCUT2D eigenvalue weighted by Crippen LogP contribution is 2.15. The van der Waals surface area contributed by atoms with E-state index in [2.05, 4.69) is 30.1 Å². The molecule has 4 heteroatoms. The van der Waals surface area contributed by atoms with Gasteiger partial charge in [-0.15, -0.1) is 0 Å². The van der Waals surface area contributed by atoms with Crippen LogP contribution >= 0.6 is 0 Å². The average Bonchev–Trinajstić information content (AvgIpc) is 2.57. The summed E-state index contributed by atoms with van der Waals surface area (Å²) in [6.07, 6.45) is 1.54. The van der Waals surface area contributed by atoms with Gasteiger partial charge < -0.3 is 10.1 Å². The van der Waals surface area contributed by atoms with Gasteiger partial charge >= 0.3 is 0 Å². The molecule has 2 aromatic rings. The van der Waals surface area contributed by atoms with Crippen LogP contribution in [0.2, 0.25) is 0 Å². The summed E-state index contributed by atoms with van der Waals surface area (Å²) in [6, 6.07) is 13.9. The number of carbonyl (C=O) groups is 1. The molecule has 2 unspecified atom stereocenters. The molecule has 1 N–H and O–H groups in total. The lowest BCUT2D eigenvalue weighted by Gasteiger charge is -2.35. The van der Waals surface area contributed by atoms with E-state index in [0.717, 1.165) is 42.4 Å². The zero-order valence-corrected chi connectivity index (χ0v) is 14.5. The first-order chi connectivity index (χ1) is 11.6. The molecule has 0 aromatic heterocycles. The number of amides is 1. The van der Waals surface area contributed by atoms with E-state index in [-0.39, 0.29) is 5.91 Å². The van der Waals surface area contributed by atoms with Crippen LogP contribution in [0.15, 0.2) is 42.5 Å². The Morgan fingerprint density at radius 2 is 1.83 bits per heavy atom. The van der Waals surface area contributed by atoms with Gasteiger partial charge in [0.25, 0.3) is 5.91 Å². The Labute approximate surface area is 143 Å². The summed E-state index contributed by atoms with van der Waals surface area (Å²) in [6.45, 7) is 7.88. The largest absolute Gasteiger partial charge is 0.373 e. The summed E-state index contributed by atoms with van der Waals surface area (Å²) < 4.78 is 5.74. The fourth-order valence-electron chi connectivity index (χ4n) is 3.40. The number of nitrogens with one attached hydrogen (secondary N) is 1. The standard InChI is InChI=1S/C20H26N2O2/c1-15-13-22(14-16(2)24-15)11-5-10-21-20(23)19-9-8-17-6-3-4-7-18(17)12-19/h3-4,6-9,12,15-16H,5,10-11,13-14H2,1-2H3,(H,21,23). The van der Waals surface area contributed by atoms with E-state index in [0.29, 0.717) is 18.8 Å². The third-order valence-electron chi connectivity index (χ3n) is 4.44. The average molecular weight is 326 g/mol. The van der Waals surface area contributed by atoms with Crippen molar-refractivity contribution in [2.75, 3.05) is 26.2 Å². The van der Waals surface area contributed by atoms with E-state index >= 15 is 0 Å². The van der Waals surface area contributed by atoms with Crippen LogP contribution in [-0.4, -0.2) is 49.2 Å². The summed E-state index contributed by atoms with van der Waals surface area (Å²) in [7, 11) is 0. The first kappa shape index (κ1) is 16.9. The van der Waals surface area contributed by atoms with E-state index in [1.54, 1.807) is 0 Å². The van der Waals surface area contributed by atoms with E-state index in [1.807, 2.05) is 36.4 Å². The van der Waals surface area contributed by atoms with E-state index in [4.69, 9.17) is 4.74 Å². The van der Waals surface area contributed by atoms with Gasteiger partial charge in [0.2, 0.25) is 0 Å². The minimum atomic E-state index is 0.00414. The molecule has 0 bridgehead atoms. The van der Waals surface area contributed by atoms with Gasteiger partial charge in [-0.25, -0.2) is 0 Å². The lowest BCUT2D eigenvalue weighted by atomic mass is 10.1. The normalized spacial score (nSPS) is 21.8. The third-order valence-corrected chi connectivity index (χ3v) is 4.44. The molecule has 2 atom stereocenters. The van der Waals surface area contributed by atoms with Crippen molar-refractivity contribution in [2.45, 2.75) is 32.5 Å². The highest BCUT2D eigenvalue weighted by molar-refractivity contribution is 5.98. The van der Waals surface area contributed by atoms with Crippen molar-refractivity contribution in [1.82, 2.24) is 10.2 Å². The van der Waals surface area contributed by atoms with E-state index < -0.39 is 0 Å². The monoisotopic (exact) mass is 326 g/mol. The molecule has 1 saturated heterocycles. The van der Waals surface area contributed by atoms with Crippen LogP contribution in [0, 0.1) is 0 Å². The van der Waals surface area contributed by atoms with Crippen LogP contribution in [0.3, 0.4) is 0 Å². The molecule has 3 rings (SSSR count). The summed E-state index contributed by atoms with van der Waals surface area (Å²) in [5, 5.41) is 5.28. The molecule has 128 valence electrons. The molecule has 1 fully saturated rings. The van der Waals surface area contributed by atoms with Crippen LogP contribution in [0.1, 0.15) is 30.6 Å². The molecule has 0 radical (unpaired) electrons. The molecule has 1 aliphatic heterocycles. The van der Waals surface area contributed by atoms with Crippen LogP contribution in [0.4, 0.5) is 0 Å². The van der Waals surface area contributed by atoms with Crippen molar-refractivity contribution in [3.05, 3.63) is 48.0 Å². The second-order valence-corrected chi connectivity index (χ2v) is 6.69. The fourth-order valence-corrected chi connectivity index (χ4v) is 3.40. The molecule has 1 amide bonds. The number of nitrogens with zero attached hydrogens (tertiary/aromatic N) is 1. The lowest BCUT2D eigenvalue weighted by Crippen LogP contribution is -2.46. The Balaban J connectivity index is 1.46. The molecule has 0 spiro atoms. The number of morpholine rings is 1. The maximum absolute atomic E-state index is 12.3. The molecule has 0 saturated carbocycles. The van der Waals surface area contributed by atoms with Crippen molar-refractivity contribution in [3.8, 4) is 0 Å². The number of rotatable bonds is 5. The SMILES string of the molecule is CC1CN(CCCNC(=O)c2ccc3ccccc3c2)CC(C)O1. The predicted molar refractivity (Wildman–Crippen MR) is 97.3 cm³/mol. The molecule has 1 aliphatic rings. The van der Waals surface area contributed by atoms with Crippen LogP contribution in [0.25, 0.3) is 10.8 Å². The highest BCUT2D eigenvalue weighted by atomic mass is 16.5. The number of carbonyl (C=O) groups excluding carboxylic acids is 1. The Bertz CT molecular complexity index is 691. The van der Waals surface area contributed by atoms with E-state index in [1.165, 1.54) is 0 Å². The fraction of sp³-hybridized carbons (Fsp3) is 0.450. The van der Waals surface area contributed by atoms with Crippen molar-refractivity contribution < 1.29 is 9.53 Å². The Kier molecular flexibility index (Phi) is 5.48. The minimum Gasteiger partial charge on any atom is -0.373 e. The van der Waals surface area contributed by atoms with Crippen molar-refractivity contribution in [1.29, 1.82) is 0 Å². The van der Waals surface area contributed by atoms with E-state index in [9.17, 15) is 4.79 Å². The Hall–Kier alpha value is -1.91. The van der Waals surface area contributed by atoms with Crippen LogP contribution in [0.5, 0.6) is 0 Å². The second-order valence-electron chi connectivity index (χ2n) is 6.69. The lowest BCUT2D eigenvalue weighted by molar-refractivity contribution is -0.0679. The molecule has 0 aliphatic carbocycles. The zero-order valence-electron chi connectivity index (χ0n) is 14.5. The van der Waals surface area contributed by atoms with Crippen LogP contribution < -0.4 is 5.32 Å². The van der Waals surface area contributed by atoms with Gasteiger partial charge in [-0.3, -0.25) is 9.69 Å². The number of benzene rings is 2. The van der Waals surface area contributed by atoms with Gasteiger partial charge in [0.05, 0.1) is 12.2 Å². The molecule has 2 aromatic carbocycles. The minimum absolute atomic E-state index is 0.00414. The molecule has 24 heavy (non-hydrogen) atoms. The first-order valence-electron chi connectivity index (χ1n) is 8.76. The van der Waals surface area contributed by atoms with Crippen molar-refractivity contribution in [3.63, 3.8) is 0 Å².